The van der Waals surface area contributed by atoms with Crippen LogP contribution in [0.2, 0.25) is 0 Å². The molecule has 1 saturated heterocycles. The fourth-order valence-corrected chi connectivity index (χ4v) is 2.12. The molecule has 1 aromatic heterocycles. The number of aromatic nitrogens is 2. The molecule has 2 heterocycles. The second-order valence-corrected chi connectivity index (χ2v) is 4.22. The number of methoxy groups -OCH3 is 2. The van der Waals surface area contributed by atoms with Crippen molar-refractivity contribution in [1.29, 1.82) is 0 Å². The number of nitrogens with one attached hydrogen (secondary N) is 1. The lowest BCUT2D eigenvalue weighted by atomic mass is 10.1. The van der Waals surface area contributed by atoms with E-state index in [4.69, 9.17) is 14.2 Å². The fraction of sp³-hybridized carbons (Fsp3) is 0.667. The molecule has 2 unspecified atom stereocenters. The minimum atomic E-state index is 0.228. The molecule has 6 heteroatoms. The highest BCUT2D eigenvalue weighted by Crippen LogP contribution is 2.24. The van der Waals surface area contributed by atoms with Crippen molar-refractivity contribution in [3.05, 3.63) is 11.9 Å². The summed E-state index contributed by atoms with van der Waals surface area (Å²) in [7, 11) is 3.18. The normalized spacial score (nSPS) is 23.1. The van der Waals surface area contributed by atoms with Crippen molar-refractivity contribution in [3.63, 3.8) is 0 Å². The van der Waals surface area contributed by atoms with Crippen LogP contribution in [-0.4, -0.2) is 42.9 Å². The summed E-state index contributed by atoms with van der Waals surface area (Å²) in [6.07, 6.45) is 2.67. The van der Waals surface area contributed by atoms with Gasteiger partial charge in [-0.2, -0.15) is 0 Å². The lowest BCUT2D eigenvalue weighted by molar-refractivity contribution is 0.113. The monoisotopic (exact) mass is 253 g/mol. The summed E-state index contributed by atoms with van der Waals surface area (Å²) in [5.74, 6) is 1.09. The van der Waals surface area contributed by atoms with E-state index in [1.54, 1.807) is 14.2 Å². The minimum Gasteiger partial charge on any atom is -0.481 e. The number of nitrogens with zero attached hydrogens (tertiary/aromatic N) is 2. The van der Waals surface area contributed by atoms with Crippen LogP contribution < -0.4 is 14.8 Å². The molecule has 0 aliphatic carbocycles. The third kappa shape index (κ3) is 2.70. The van der Waals surface area contributed by atoms with Crippen molar-refractivity contribution < 1.29 is 14.2 Å². The number of hydrogen-bond acceptors (Lipinski definition) is 6. The van der Waals surface area contributed by atoms with Crippen LogP contribution in [0.4, 0.5) is 0 Å². The molecule has 2 atom stereocenters. The lowest BCUT2D eigenvalue weighted by Crippen LogP contribution is -2.34. The maximum atomic E-state index is 5.51. The summed E-state index contributed by atoms with van der Waals surface area (Å²) in [5.41, 5.74) is 0.835. The number of hydrogen-bond donors (Lipinski definition) is 1. The third-order valence-electron chi connectivity index (χ3n) is 3.17. The van der Waals surface area contributed by atoms with Gasteiger partial charge < -0.3 is 19.5 Å². The Bertz CT molecular complexity index is 378. The zero-order valence-electron chi connectivity index (χ0n) is 11.0. The van der Waals surface area contributed by atoms with Gasteiger partial charge in [-0.1, -0.05) is 0 Å². The maximum Gasteiger partial charge on any atom is 0.224 e. The molecule has 0 radical (unpaired) electrons. The van der Waals surface area contributed by atoms with Gasteiger partial charge in [-0.15, -0.1) is 0 Å². The van der Waals surface area contributed by atoms with Crippen LogP contribution in [0.5, 0.6) is 11.8 Å². The van der Waals surface area contributed by atoms with Crippen LogP contribution in [0.15, 0.2) is 6.33 Å². The summed E-state index contributed by atoms with van der Waals surface area (Å²) in [4.78, 5) is 8.17. The van der Waals surface area contributed by atoms with Gasteiger partial charge in [0.25, 0.3) is 0 Å². The topological polar surface area (TPSA) is 65.5 Å². The Morgan fingerprint density at radius 1 is 1.33 bits per heavy atom. The van der Waals surface area contributed by atoms with Crippen molar-refractivity contribution in [1.82, 2.24) is 15.3 Å². The van der Waals surface area contributed by atoms with Crippen molar-refractivity contribution in [2.75, 3.05) is 20.8 Å². The lowest BCUT2D eigenvalue weighted by Gasteiger charge is -2.17. The van der Waals surface area contributed by atoms with Gasteiger partial charge in [-0.3, -0.25) is 0 Å². The van der Waals surface area contributed by atoms with E-state index in [2.05, 4.69) is 22.2 Å². The molecule has 0 saturated carbocycles. The van der Waals surface area contributed by atoms with Gasteiger partial charge in [0.1, 0.15) is 6.33 Å². The first-order valence-corrected chi connectivity index (χ1v) is 6.03. The predicted octanol–water partition coefficient (Wildman–Crippen LogP) is 0.761. The third-order valence-corrected chi connectivity index (χ3v) is 3.17. The Hall–Kier alpha value is -1.40. The first-order chi connectivity index (χ1) is 8.76. The van der Waals surface area contributed by atoms with Crippen molar-refractivity contribution in [2.24, 2.45) is 0 Å². The van der Waals surface area contributed by atoms with Crippen LogP contribution in [0, 0.1) is 0 Å². The first-order valence-electron chi connectivity index (χ1n) is 6.03. The second kappa shape index (κ2) is 5.97. The molecule has 1 aromatic rings. The zero-order chi connectivity index (χ0) is 13.0. The Morgan fingerprint density at radius 3 is 2.50 bits per heavy atom. The molecular formula is C12H19N3O3. The molecule has 0 aromatic carbocycles. The van der Waals surface area contributed by atoms with Gasteiger partial charge in [0.05, 0.1) is 25.9 Å². The fourth-order valence-electron chi connectivity index (χ4n) is 2.12. The Morgan fingerprint density at radius 2 is 2.00 bits per heavy atom. The van der Waals surface area contributed by atoms with E-state index >= 15 is 0 Å². The highest BCUT2D eigenvalue weighted by molar-refractivity contribution is 5.34. The summed E-state index contributed by atoms with van der Waals surface area (Å²) in [5, 5.41) is 3.43. The molecule has 1 aliphatic heterocycles. The second-order valence-electron chi connectivity index (χ2n) is 4.22. The van der Waals surface area contributed by atoms with E-state index in [9.17, 15) is 0 Å². The van der Waals surface area contributed by atoms with Gasteiger partial charge in [-0.25, -0.2) is 9.97 Å². The molecule has 18 heavy (non-hydrogen) atoms. The average molecular weight is 253 g/mol. The largest absolute Gasteiger partial charge is 0.481 e. The summed E-state index contributed by atoms with van der Waals surface area (Å²) in [6.45, 7) is 3.48. The standard InChI is InChI=1S/C12H19N3O3/c1-8-10(4-5-18-8)13-6-9-11(16-2)14-7-15-12(9)17-3/h7-8,10,13H,4-6H2,1-3H3. The van der Waals surface area contributed by atoms with Crippen LogP contribution in [-0.2, 0) is 11.3 Å². The molecule has 0 bridgehead atoms. The van der Waals surface area contributed by atoms with Gasteiger partial charge >= 0.3 is 0 Å². The molecule has 1 aliphatic rings. The minimum absolute atomic E-state index is 0.228. The highest BCUT2D eigenvalue weighted by atomic mass is 16.5. The van der Waals surface area contributed by atoms with E-state index in [-0.39, 0.29) is 6.10 Å². The Balaban J connectivity index is 2.07. The van der Waals surface area contributed by atoms with Crippen LogP contribution >= 0.6 is 0 Å². The van der Waals surface area contributed by atoms with Crippen molar-refractivity contribution >= 4 is 0 Å². The van der Waals surface area contributed by atoms with Gasteiger partial charge in [0, 0.05) is 19.2 Å². The first kappa shape index (κ1) is 13.0. The molecule has 6 nitrogen and oxygen atoms in total. The molecular weight excluding hydrogens is 234 g/mol. The highest BCUT2D eigenvalue weighted by Gasteiger charge is 2.24. The zero-order valence-corrected chi connectivity index (χ0v) is 11.0. The summed E-state index contributed by atoms with van der Waals surface area (Å²) in [6, 6.07) is 0.347. The Labute approximate surface area is 107 Å². The van der Waals surface area contributed by atoms with Crippen LogP contribution in [0.1, 0.15) is 18.9 Å². The number of ether oxygens (including phenoxy) is 3. The molecule has 0 spiro atoms. The predicted molar refractivity (Wildman–Crippen MR) is 65.8 cm³/mol. The molecule has 2 rings (SSSR count). The smallest absolute Gasteiger partial charge is 0.224 e. The maximum absolute atomic E-state index is 5.51. The summed E-state index contributed by atoms with van der Waals surface area (Å²) >= 11 is 0. The van der Waals surface area contributed by atoms with Gasteiger partial charge in [-0.05, 0) is 13.3 Å². The van der Waals surface area contributed by atoms with Crippen LogP contribution in [0.25, 0.3) is 0 Å². The van der Waals surface area contributed by atoms with E-state index in [1.807, 2.05) is 0 Å². The quantitative estimate of drug-likeness (QED) is 0.835. The molecule has 1 N–H and O–H groups in total. The average Bonchev–Trinajstić information content (AvgIpc) is 2.81. The SMILES string of the molecule is COc1ncnc(OC)c1CNC1CCOC1C. The van der Waals surface area contributed by atoms with Crippen molar-refractivity contribution in [3.8, 4) is 11.8 Å². The molecule has 100 valence electrons. The Kier molecular flexibility index (Phi) is 4.33. The van der Waals surface area contributed by atoms with Crippen molar-refractivity contribution in [2.45, 2.75) is 32.0 Å². The van der Waals surface area contributed by atoms with E-state index < -0.39 is 0 Å². The van der Waals surface area contributed by atoms with Gasteiger partial charge in [0.2, 0.25) is 11.8 Å². The summed E-state index contributed by atoms with van der Waals surface area (Å²) < 4.78 is 16.0. The number of rotatable bonds is 5. The van der Waals surface area contributed by atoms with Gasteiger partial charge in [0.15, 0.2) is 0 Å². The van der Waals surface area contributed by atoms with Crippen LogP contribution in [0.3, 0.4) is 0 Å². The van der Waals surface area contributed by atoms with E-state index in [0.717, 1.165) is 18.6 Å². The molecule has 1 fully saturated rings. The van der Waals surface area contributed by atoms with E-state index in [0.29, 0.717) is 24.3 Å². The molecule has 0 amide bonds. The van der Waals surface area contributed by atoms with E-state index in [1.165, 1.54) is 6.33 Å².